The Morgan fingerprint density at radius 3 is 1.94 bits per heavy atom. The van der Waals surface area contributed by atoms with Gasteiger partial charge in [-0.1, -0.05) is 6.07 Å². The summed E-state index contributed by atoms with van der Waals surface area (Å²) in [4.78, 5) is 18.2. The summed E-state index contributed by atoms with van der Waals surface area (Å²) < 4.78 is 27.1. The van der Waals surface area contributed by atoms with Gasteiger partial charge in [-0.15, -0.1) is 11.3 Å². The van der Waals surface area contributed by atoms with Crippen LogP contribution in [0.3, 0.4) is 0 Å². The molecule has 1 aromatic heterocycles. The Morgan fingerprint density at radius 1 is 0.861 bits per heavy atom. The molecule has 1 amide bonds. The van der Waals surface area contributed by atoms with E-state index in [1.165, 1.54) is 11.3 Å². The third kappa shape index (κ3) is 12.2. The van der Waals surface area contributed by atoms with Gasteiger partial charge in [0.2, 0.25) is 0 Å². The fourth-order valence-corrected chi connectivity index (χ4v) is 3.81. The van der Waals surface area contributed by atoms with Crippen LogP contribution >= 0.6 is 11.3 Å². The molecular weight excluding hydrogens is 484 g/mol. The Hall–Kier alpha value is -2.12. The molecule has 0 spiro atoms. The van der Waals surface area contributed by atoms with Gasteiger partial charge in [-0.3, -0.25) is 10.1 Å². The van der Waals surface area contributed by atoms with E-state index < -0.39 is 0 Å². The van der Waals surface area contributed by atoms with Crippen LogP contribution in [0.15, 0.2) is 18.2 Å². The van der Waals surface area contributed by atoms with Crippen molar-refractivity contribution in [3.8, 4) is 0 Å². The third-order valence-corrected chi connectivity index (χ3v) is 6.05. The lowest BCUT2D eigenvalue weighted by atomic mass is 10.1. The van der Waals surface area contributed by atoms with E-state index in [1.807, 2.05) is 39.0 Å². The standard InChI is InChI=1S/C25H40N4O6S/c1-19-4-5-22(18-23(19)24(30)29-25-28-20(2)21(3)36-25)27-7-9-32-11-13-34-15-17-35-16-14-33-12-10-31-8-6-26/h4-5,18,27H,6-17,26H2,1-3H3,(H,28,29,30). The molecule has 2 rings (SSSR count). The van der Waals surface area contributed by atoms with Crippen molar-refractivity contribution in [3.63, 3.8) is 0 Å². The lowest BCUT2D eigenvalue weighted by molar-refractivity contribution is -0.00985. The number of hydrogen-bond donors (Lipinski definition) is 3. The van der Waals surface area contributed by atoms with Gasteiger partial charge in [0.05, 0.1) is 71.8 Å². The first-order valence-corrected chi connectivity index (χ1v) is 13.0. The first-order valence-electron chi connectivity index (χ1n) is 12.2. The van der Waals surface area contributed by atoms with E-state index in [0.717, 1.165) is 21.8 Å². The minimum atomic E-state index is -0.164. The minimum Gasteiger partial charge on any atom is -0.383 e. The molecular formula is C25H40N4O6S. The number of thiazole rings is 1. The van der Waals surface area contributed by atoms with Gasteiger partial charge in [-0.25, -0.2) is 4.98 Å². The summed E-state index contributed by atoms with van der Waals surface area (Å²) in [5, 5.41) is 6.80. The van der Waals surface area contributed by atoms with Crippen molar-refractivity contribution >= 4 is 28.1 Å². The molecule has 202 valence electrons. The highest BCUT2D eigenvalue weighted by atomic mass is 32.1. The summed E-state index contributed by atoms with van der Waals surface area (Å²) in [5.74, 6) is -0.164. The number of aryl methyl sites for hydroxylation is 3. The molecule has 2 aromatic rings. The first kappa shape index (κ1) is 30.1. The molecule has 1 aromatic carbocycles. The monoisotopic (exact) mass is 524 g/mol. The van der Waals surface area contributed by atoms with Crippen LogP contribution in [-0.2, 0) is 23.7 Å². The van der Waals surface area contributed by atoms with E-state index in [4.69, 9.17) is 29.4 Å². The van der Waals surface area contributed by atoms with Crippen LogP contribution in [-0.4, -0.2) is 90.0 Å². The molecule has 0 atom stereocenters. The predicted octanol–water partition coefficient (Wildman–Crippen LogP) is 2.77. The fraction of sp³-hybridized carbons (Fsp3) is 0.600. The Balaban J connectivity index is 1.49. The maximum Gasteiger partial charge on any atom is 0.257 e. The topological polar surface area (TPSA) is 126 Å². The summed E-state index contributed by atoms with van der Waals surface area (Å²) in [7, 11) is 0. The number of nitrogens with two attached hydrogens (primary N) is 1. The van der Waals surface area contributed by atoms with Gasteiger partial charge >= 0.3 is 0 Å². The highest BCUT2D eigenvalue weighted by Crippen LogP contribution is 2.23. The zero-order valence-electron chi connectivity index (χ0n) is 21.6. The normalized spacial score (nSPS) is 11.1. The summed E-state index contributed by atoms with van der Waals surface area (Å²) >= 11 is 1.48. The van der Waals surface area contributed by atoms with Crippen molar-refractivity contribution in [2.45, 2.75) is 20.8 Å². The van der Waals surface area contributed by atoms with E-state index >= 15 is 0 Å². The molecule has 0 saturated carbocycles. The summed E-state index contributed by atoms with van der Waals surface area (Å²) in [6, 6.07) is 5.73. The van der Waals surface area contributed by atoms with E-state index in [9.17, 15) is 4.79 Å². The molecule has 0 aliphatic heterocycles. The molecule has 0 saturated heterocycles. The molecule has 0 fully saturated rings. The molecule has 0 bridgehead atoms. The number of nitrogens with zero attached hydrogens (tertiary/aromatic N) is 1. The second kappa shape index (κ2) is 18.2. The van der Waals surface area contributed by atoms with Crippen LogP contribution in [0.1, 0.15) is 26.5 Å². The number of ether oxygens (including phenoxy) is 5. The van der Waals surface area contributed by atoms with Crippen molar-refractivity contribution in [2.24, 2.45) is 5.73 Å². The summed E-state index contributed by atoms with van der Waals surface area (Å²) in [6.07, 6.45) is 0. The van der Waals surface area contributed by atoms with Crippen LogP contribution in [0.5, 0.6) is 0 Å². The van der Waals surface area contributed by atoms with Crippen molar-refractivity contribution in [1.82, 2.24) is 4.98 Å². The number of carbonyl (C=O) groups is 1. The first-order chi connectivity index (χ1) is 17.5. The molecule has 36 heavy (non-hydrogen) atoms. The Labute approximate surface area is 217 Å². The third-order valence-electron chi connectivity index (χ3n) is 5.06. The lowest BCUT2D eigenvalue weighted by Crippen LogP contribution is -2.16. The van der Waals surface area contributed by atoms with E-state index in [2.05, 4.69) is 15.6 Å². The molecule has 0 radical (unpaired) electrons. The maximum absolute atomic E-state index is 12.7. The average Bonchev–Trinajstić information content (AvgIpc) is 3.18. The van der Waals surface area contributed by atoms with Crippen LogP contribution < -0.4 is 16.4 Å². The zero-order valence-corrected chi connectivity index (χ0v) is 22.4. The fourth-order valence-electron chi connectivity index (χ4n) is 3.00. The number of amides is 1. The van der Waals surface area contributed by atoms with Gasteiger partial charge in [-0.05, 0) is 38.5 Å². The van der Waals surface area contributed by atoms with E-state index in [0.29, 0.717) is 89.9 Å². The quantitative estimate of drug-likeness (QED) is 0.224. The highest BCUT2D eigenvalue weighted by molar-refractivity contribution is 7.15. The number of hydrogen-bond acceptors (Lipinski definition) is 10. The SMILES string of the molecule is Cc1ccc(NCCOCCOCCOCCOCCOCCN)cc1C(=O)Nc1nc(C)c(C)s1. The van der Waals surface area contributed by atoms with E-state index in [1.54, 1.807) is 0 Å². The largest absolute Gasteiger partial charge is 0.383 e. The van der Waals surface area contributed by atoms with Gasteiger partial charge in [0.25, 0.3) is 5.91 Å². The predicted molar refractivity (Wildman–Crippen MR) is 142 cm³/mol. The van der Waals surface area contributed by atoms with Crippen molar-refractivity contribution < 1.29 is 28.5 Å². The summed E-state index contributed by atoms with van der Waals surface area (Å²) in [5.41, 5.74) is 8.64. The van der Waals surface area contributed by atoms with Crippen LogP contribution in [0.25, 0.3) is 0 Å². The second-order valence-electron chi connectivity index (χ2n) is 7.92. The van der Waals surface area contributed by atoms with Crippen LogP contribution in [0, 0.1) is 20.8 Å². The number of rotatable bonds is 20. The van der Waals surface area contributed by atoms with E-state index in [-0.39, 0.29) is 5.91 Å². The maximum atomic E-state index is 12.7. The van der Waals surface area contributed by atoms with Crippen molar-refractivity contribution in [1.29, 1.82) is 0 Å². The Bertz CT molecular complexity index is 876. The smallest absolute Gasteiger partial charge is 0.257 e. The Kier molecular flexibility index (Phi) is 15.2. The number of anilines is 2. The average molecular weight is 525 g/mol. The van der Waals surface area contributed by atoms with Gasteiger partial charge in [0.15, 0.2) is 5.13 Å². The molecule has 0 unspecified atom stereocenters. The molecule has 11 heteroatoms. The van der Waals surface area contributed by atoms with Crippen molar-refractivity contribution in [2.75, 3.05) is 89.8 Å². The lowest BCUT2D eigenvalue weighted by Gasteiger charge is -2.11. The van der Waals surface area contributed by atoms with Gasteiger partial charge in [-0.2, -0.15) is 0 Å². The molecule has 4 N–H and O–H groups in total. The van der Waals surface area contributed by atoms with Gasteiger partial charge in [0.1, 0.15) is 0 Å². The van der Waals surface area contributed by atoms with Gasteiger partial charge in [0, 0.05) is 29.2 Å². The van der Waals surface area contributed by atoms with Crippen molar-refractivity contribution in [3.05, 3.63) is 39.9 Å². The van der Waals surface area contributed by atoms with Crippen LogP contribution in [0.4, 0.5) is 10.8 Å². The molecule has 10 nitrogen and oxygen atoms in total. The zero-order chi connectivity index (χ0) is 26.0. The number of benzene rings is 1. The number of carbonyl (C=O) groups excluding carboxylic acids is 1. The molecule has 1 heterocycles. The van der Waals surface area contributed by atoms with Gasteiger partial charge < -0.3 is 34.7 Å². The summed E-state index contributed by atoms with van der Waals surface area (Å²) in [6.45, 7) is 12.2. The Morgan fingerprint density at radius 2 is 1.42 bits per heavy atom. The molecule has 0 aliphatic rings. The highest BCUT2D eigenvalue weighted by Gasteiger charge is 2.13. The minimum absolute atomic E-state index is 0.164. The number of aromatic nitrogens is 1. The van der Waals surface area contributed by atoms with Crippen LogP contribution in [0.2, 0.25) is 0 Å². The molecule has 0 aliphatic carbocycles. The number of nitrogens with one attached hydrogen (secondary N) is 2. The second-order valence-corrected chi connectivity index (χ2v) is 9.12.